The van der Waals surface area contributed by atoms with Gasteiger partial charge in [-0.2, -0.15) is 0 Å². The quantitative estimate of drug-likeness (QED) is 0.782. The van der Waals surface area contributed by atoms with Crippen LogP contribution >= 0.6 is 0 Å². The van der Waals surface area contributed by atoms with E-state index in [9.17, 15) is 18.8 Å². The minimum Gasteiger partial charge on any atom is -0.341 e. The minimum atomic E-state index is -0.608. The molecule has 2 saturated heterocycles. The summed E-state index contributed by atoms with van der Waals surface area (Å²) >= 11 is 0. The summed E-state index contributed by atoms with van der Waals surface area (Å²) in [5.41, 5.74) is 0.975. The summed E-state index contributed by atoms with van der Waals surface area (Å²) in [4.78, 5) is 42.4. The Hall–Kier alpha value is -3.22. The van der Waals surface area contributed by atoms with Gasteiger partial charge in [0.15, 0.2) is 0 Å². The monoisotopic (exact) mass is 437 g/mol. The number of nitrogens with zero attached hydrogens (tertiary/aromatic N) is 2. The molecule has 168 valence electrons. The first-order valence-electron chi connectivity index (χ1n) is 11.2. The molecule has 0 unspecified atom stereocenters. The first-order chi connectivity index (χ1) is 15.5. The Morgan fingerprint density at radius 2 is 1.44 bits per heavy atom. The lowest BCUT2D eigenvalue weighted by Gasteiger charge is -2.37. The zero-order valence-corrected chi connectivity index (χ0v) is 18.0. The number of amides is 3. The first kappa shape index (κ1) is 22.0. The highest BCUT2D eigenvalue weighted by Crippen LogP contribution is 2.25. The predicted molar refractivity (Wildman–Crippen MR) is 119 cm³/mol. The molecule has 2 heterocycles. The molecule has 2 aromatic carbocycles. The van der Waals surface area contributed by atoms with Gasteiger partial charge in [0.25, 0.3) is 11.8 Å². The second kappa shape index (κ2) is 9.94. The molecule has 2 aliphatic rings. The number of likely N-dealkylation sites (tertiary alicyclic amines) is 2. The number of halogens is 1. The second-order valence-electron chi connectivity index (χ2n) is 8.49. The van der Waals surface area contributed by atoms with Crippen LogP contribution < -0.4 is 5.32 Å². The fourth-order valence-electron chi connectivity index (χ4n) is 4.54. The van der Waals surface area contributed by atoms with Crippen molar-refractivity contribution in [3.05, 3.63) is 71.5 Å². The molecule has 6 nitrogen and oxygen atoms in total. The highest BCUT2D eigenvalue weighted by Gasteiger charge is 2.37. The topological polar surface area (TPSA) is 69.7 Å². The van der Waals surface area contributed by atoms with E-state index in [1.807, 2.05) is 11.0 Å². The summed E-state index contributed by atoms with van der Waals surface area (Å²) in [7, 11) is 0. The average Bonchev–Trinajstić information content (AvgIpc) is 3.38. The Morgan fingerprint density at radius 1 is 0.812 bits per heavy atom. The van der Waals surface area contributed by atoms with Gasteiger partial charge in [-0.3, -0.25) is 14.4 Å². The van der Waals surface area contributed by atoms with Gasteiger partial charge in [-0.25, -0.2) is 4.39 Å². The summed E-state index contributed by atoms with van der Waals surface area (Å²) in [6.07, 6.45) is 3.20. The normalized spacial score (nSPS) is 17.8. The van der Waals surface area contributed by atoms with Gasteiger partial charge in [-0.15, -0.1) is 0 Å². The number of hydrogen-bond donors (Lipinski definition) is 1. The van der Waals surface area contributed by atoms with E-state index in [0.717, 1.165) is 25.9 Å². The number of nitrogens with one attached hydrogen (secondary N) is 1. The van der Waals surface area contributed by atoms with E-state index in [0.29, 0.717) is 37.1 Å². The van der Waals surface area contributed by atoms with Crippen molar-refractivity contribution in [1.29, 1.82) is 0 Å². The van der Waals surface area contributed by atoms with E-state index in [4.69, 9.17) is 0 Å². The van der Waals surface area contributed by atoms with Gasteiger partial charge in [-0.05, 0) is 68.0 Å². The molecule has 1 atom stereocenters. The number of benzene rings is 2. The molecule has 2 aliphatic heterocycles. The van der Waals surface area contributed by atoms with Crippen molar-refractivity contribution in [3.8, 4) is 0 Å². The largest absolute Gasteiger partial charge is 0.341 e. The maximum atomic E-state index is 13.3. The molecule has 0 aliphatic carbocycles. The van der Waals surface area contributed by atoms with E-state index in [1.165, 1.54) is 24.3 Å². The van der Waals surface area contributed by atoms with Gasteiger partial charge in [0.1, 0.15) is 11.9 Å². The van der Waals surface area contributed by atoms with E-state index in [-0.39, 0.29) is 29.5 Å². The molecule has 7 heteroatoms. The van der Waals surface area contributed by atoms with Crippen LogP contribution in [0.15, 0.2) is 54.6 Å². The van der Waals surface area contributed by atoms with Crippen LogP contribution in [0.2, 0.25) is 0 Å². The zero-order chi connectivity index (χ0) is 22.5. The van der Waals surface area contributed by atoms with Crippen molar-refractivity contribution < 1.29 is 18.8 Å². The van der Waals surface area contributed by atoms with Crippen molar-refractivity contribution in [1.82, 2.24) is 15.1 Å². The Bertz CT molecular complexity index is 950. The van der Waals surface area contributed by atoms with Gasteiger partial charge < -0.3 is 15.1 Å². The molecular formula is C25H28FN3O3. The van der Waals surface area contributed by atoms with Crippen LogP contribution in [0.1, 0.15) is 46.4 Å². The Labute approximate surface area is 187 Å². The van der Waals surface area contributed by atoms with Crippen LogP contribution in [-0.2, 0) is 4.79 Å². The Morgan fingerprint density at radius 3 is 2.06 bits per heavy atom. The molecule has 3 amide bonds. The third-order valence-corrected chi connectivity index (χ3v) is 6.40. The minimum absolute atomic E-state index is 0.0323. The Kier molecular flexibility index (Phi) is 6.83. The summed E-state index contributed by atoms with van der Waals surface area (Å²) in [6, 6.07) is 13.8. The van der Waals surface area contributed by atoms with Crippen molar-refractivity contribution in [2.75, 3.05) is 26.2 Å². The molecule has 0 bridgehead atoms. The highest BCUT2D eigenvalue weighted by molar-refractivity contribution is 5.97. The molecular weight excluding hydrogens is 409 g/mol. The number of rotatable bonds is 5. The molecule has 0 radical (unpaired) electrons. The SMILES string of the molecule is O=C(N[C@@H](C(=O)N1CCCC1)C1CCN(C(=O)c2ccc(F)cc2)CC1)c1ccccc1. The fourth-order valence-corrected chi connectivity index (χ4v) is 4.54. The standard InChI is InChI=1S/C25H28FN3O3/c26-21-10-8-20(9-11-21)24(31)29-16-12-18(13-17-29)22(25(32)28-14-4-5-15-28)27-23(30)19-6-2-1-3-7-19/h1-3,6-11,18,22H,4-5,12-17H2,(H,27,30)/t22-/m1/s1. The first-order valence-corrected chi connectivity index (χ1v) is 11.2. The van der Waals surface area contributed by atoms with Crippen LogP contribution in [0, 0.1) is 11.7 Å². The van der Waals surface area contributed by atoms with Crippen LogP contribution in [-0.4, -0.2) is 59.7 Å². The molecule has 32 heavy (non-hydrogen) atoms. The van der Waals surface area contributed by atoms with E-state index >= 15 is 0 Å². The van der Waals surface area contributed by atoms with Crippen LogP contribution in [0.3, 0.4) is 0 Å². The number of piperidine rings is 1. The average molecular weight is 438 g/mol. The van der Waals surface area contributed by atoms with Gasteiger partial charge in [-0.1, -0.05) is 18.2 Å². The second-order valence-corrected chi connectivity index (χ2v) is 8.49. The zero-order valence-electron chi connectivity index (χ0n) is 18.0. The molecule has 0 spiro atoms. The predicted octanol–water partition coefficient (Wildman–Crippen LogP) is 3.10. The number of carbonyl (C=O) groups is 3. The number of carbonyl (C=O) groups excluding carboxylic acids is 3. The molecule has 2 aromatic rings. The lowest BCUT2D eigenvalue weighted by molar-refractivity contribution is -0.134. The summed E-state index contributed by atoms with van der Waals surface area (Å²) in [6.45, 7) is 2.43. The molecule has 4 rings (SSSR count). The van der Waals surface area contributed by atoms with Crippen molar-refractivity contribution in [2.24, 2.45) is 5.92 Å². The fraction of sp³-hybridized carbons (Fsp3) is 0.400. The van der Waals surface area contributed by atoms with Gasteiger partial charge in [0.2, 0.25) is 5.91 Å². The molecule has 1 N–H and O–H groups in total. The summed E-state index contributed by atoms with van der Waals surface area (Å²) in [5.74, 6) is -0.854. The Balaban J connectivity index is 1.44. The maximum absolute atomic E-state index is 13.3. The van der Waals surface area contributed by atoms with Crippen LogP contribution in [0.4, 0.5) is 4.39 Å². The van der Waals surface area contributed by atoms with Gasteiger partial charge in [0.05, 0.1) is 0 Å². The number of hydrogen-bond acceptors (Lipinski definition) is 3. The van der Waals surface area contributed by atoms with Crippen molar-refractivity contribution in [2.45, 2.75) is 31.7 Å². The molecule has 0 saturated carbocycles. The summed E-state index contributed by atoms with van der Waals surface area (Å²) < 4.78 is 13.2. The lowest BCUT2D eigenvalue weighted by atomic mass is 9.88. The third-order valence-electron chi connectivity index (χ3n) is 6.40. The maximum Gasteiger partial charge on any atom is 0.253 e. The summed E-state index contributed by atoms with van der Waals surface area (Å²) in [5, 5.41) is 2.99. The highest BCUT2D eigenvalue weighted by atomic mass is 19.1. The van der Waals surface area contributed by atoms with Crippen LogP contribution in [0.5, 0.6) is 0 Å². The van der Waals surface area contributed by atoms with Crippen molar-refractivity contribution in [3.63, 3.8) is 0 Å². The molecule has 0 aromatic heterocycles. The van der Waals surface area contributed by atoms with E-state index < -0.39 is 6.04 Å². The smallest absolute Gasteiger partial charge is 0.253 e. The van der Waals surface area contributed by atoms with E-state index in [1.54, 1.807) is 29.2 Å². The third kappa shape index (κ3) is 4.98. The van der Waals surface area contributed by atoms with Crippen LogP contribution in [0.25, 0.3) is 0 Å². The van der Waals surface area contributed by atoms with Gasteiger partial charge in [0, 0.05) is 37.3 Å². The van der Waals surface area contributed by atoms with Gasteiger partial charge >= 0.3 is 0 Å². The lowest BCUT2D eigenvalue weighted by Crippen LogP contribution is -2.54. The molecule has 2 fully saturated rings. The van der Waals surface area contributed by atoms with Crippen molar-refractivity contribution >= 4 is 17.7 Å². The van der Waals surface area contributed by atoms with E-state index in [2.05, 4.69) is 5.32 Å².